The number of nitrogens with one attached hydrogen (secondary N) is 1. The second kappa shape index (κ2) is 7.38. The number of alkyl halides is 3. The Morgan fingerprint density at radius 1 is 1.00 bits per heavy atom. The molecule has 10 heteroatoms. The Morgan fingerprint density at radius 2 is 1.54 bits per heavy atom. The van der Waals surface area contributed by atoms with E-state index < -0.39 is 41.2 Å². The lowest BCUT2D eigenvalue weighted by Crippen LogP contribution is -2.41. The lowest BCUT2D eigenvalue weighted by atomic mass is 10.2. The molecule has 0 aliphatic heterocycles. The number of urea groups is 1. The average molecular weight is 374 g/mol. The first-order chi connectivity index (χ1) is 12.1. The Kier molecular flexibility index (Phi) is 5.44. The van der Waals surface area contributed by atoms with E-state index in [9.17, 15) is 31.5 Å². The van der Waals surface area contributed by atoms with E-state index in [1.807, 2.05) is 0 Å². The maximum absolute atomic E-state index is 13.5. The first kappa shape index (κ1) is 19.2. The minimum absolute atomic E-state index is 0.110. The predicted octanol–water partition coefficient (Wildman–Crippen LogP) is 3.85. The zero-order valence-corrected chi connectivity index (χ0v) is 13.1. The first-order valence-electron chi connectivity index (χ1n) is 6.97. The number of nitrogens with zero attached hydrogens (tertiary/aromatic N) is 1. The number of imide groups is 1. The molecule has 138 valence electrons. The Labute approximate surface area is 144 Å². The van der Waals surface area contributed by atoms with Crippen molar-refractivity contribution in [2.24, 2.45) is 0 Å². The minimum Gasteiger partial charge on any atom is -0.406 e. The van der Waals surface area contributed by atoms with Crippen LogP contribution < -0.4 is 15.0 Å². The third kappa shape index (κ3) is 4.68. The Morgan fingerprint density at radius 3 is 2.04 bits per heavy atom. The van der Waals surface area contributed by atoms with Crippen LogP contribution in [0.5, 0.6) is 5.75 Å². The molecule has 0 spiro atoms. The fraction of sp³-hybridized carbons (Fsp3) is 0.125. The van der Waals surface area contributed by atoms with Gasteiger partial charge in [-0.2, -0.15) is 0 Å². The van der Waals surface area contributed by atoms with Gasteiger partial charge in [0.2, 0.25) is 0 Å². The van der Waals surface area contributed by atoms with Gasteiger partial charge in [0.15, 0.2) is 0 Å². The molecule has 2 aromatic carbocycles. The molecule has 0 radical (unpaired) electrons. The summed E-state index contributed by atoms with van der Waals surface area (Å²) in [6.07, 6.45) is -4.86. The van der Waals surface area contributed by atoms with Crippen LogP contribution in [0.3, 0.4) is 0 Å². The Hall–Kier alpha value is -3.17. The van der Waals surface area contributed by atoms with Crippen molar-refractivity contribution in [3.63, 3.8) is 0 Å². The summed E-state index contributed by atoms with van der Waals surface area (Å²) in [5.74, 6) is -4.09. The van der Waals surface area contributed by atoms with Crippen LogP contribution in [0, 0.1) is 11.6 Å². The molecular weight excluding hydrogens is 363 g/mol. The quantitative estimate of drug-likeness (QED) is 0.831. The monoisotopic (exact) mass is 374 g/mol. The first-order valence-corrected chi connectivity index (χ1v) is 6.97. The van der Waals surface area contributed by atoms with Crippen molar-refractivity contribution in [1.29, 1.82) is 0 Å². The summed E-state index contributed by atoms with van der Waals surface area (Å²) < 4.78 is 67.0. The molecule has 5 nitrogen and oxygen atoms in total. The van der Waals surface area contributed by atoms with E-state index in [-0.39, 0.29) is 5.69 Å². The summed E-state index contributed by atoms with van der Waals surface area (Å²) in [6, 6.07) is 5.92. The van der Waals surface area contributed by atoms with Crippen LogP contribution in [-0.2, 0) is 0 Å². The fourth-order valence-electron chi connectivity index (χ4n) is 1.95. The fourth-order valence-corrected chi connectivity index (χ4v) is 1.95. The molecule has 26 heavy (non-hydrogen) atoms. The number of hydrogen-bond donors (Lipinski definition) is 1. The van der Waals surface area contributed by atoms with Crippen molar-refractivity contribution >= 4 is 17.6 Å². The van der Waals surface area contributed by atoms with Crippen LogP contribution in [0.2, 0.25) is 0 Å². The third-order valence-corrected chi connectivity index (χ3v) is 3.17. The molecule has 0 aliphatic rings. The molecule has 0 heterocycles. The van der Waals surface area contributed by atoms with Gasteiger partial charge >= 0.3 is 12.4 Å². The summed E-state index contributed by atoms with van der Waals surface area (Å²) in [5, 5.41) is 1.79. The van der Waals surface area contributed by atoms with E-state index >= 15 is 0 Å². The highest BCUT2D eigenvalue weighted by Gasteiger charge is 2.31. The smallest absolute Gasteiger partial charge is 0.406 e. The lowest BCUT2D eigenvalue weighted by molar-refractivity contribution is -0.274. The van der Waals surface area contributed by atoms with Gasteiger partial charge in [0.1, 0.15) is 22.9 Å². The number of anilines is 1. The van der Waals surface area contributed by atoms with E-state index in [0.717, 1.165) is 47.4 Å². The maximum Gasteiger partial charge on any atom is 0.573 e. The molecule has 0 fully saturated rings. The van der Waals surface area contributed by atoms with Crippen LogP contribution in [0.4, 0.5) is 32.4 Å². The number of rotatable bonds is 3. The predicted molar refractivity (Wildman–Crippen MR) is 80.7 cm³/mol. The van der Waals surface area contributed by atoms with Gasteiger partial charge in [-0.1, -0.05) is 6.07 Å². The topological polar surface area (TPSA) is 58.6 Å². The van der Waals surface area contributed by atoms with Gasteiger partial charge < -0.3 is 4.74 Å². The van der Waals surface area contributed by atoms with Crippen LogP contribution in [0.15, 0.2) is 42.5 Å². The number of ether oxygens (including phenoxy) is 1. The van der Waals surface area contributed by atoms with Crippen molar-refractivity contribution in [2.75, 3.05) is 11.9 Å². The summed E-state index contributed by atoms with van der Waals surface area (Å²) in [7, 11) is 1.21. The highest BCUT2D eigenvalue weighted by Crippen LogP contribution is 2.25. The zero-order chi connectivity index (χ0) is 19.5. The van der Waals surface area contributed by atoms with E-state index in [4.69, 9.17) is 0 Å². The molecule has 0 saturated heterocycles. The third-order valence-electron chi connectivity index (χ3n) is 3.17. The molecule has 2 rings (SSSR count). The van der Waals surface area contributed by atoms with Gasteiger partial charge in [-0.3, -0.25) is 15.0 Å². The van der Waals surface area contributed by atoms with E-state index in [2.05, 4.69) is 4.74 Å². The number of carbonyl (C=O) groups excluding carboxylic acids is 2. The van der Waals surface area contributed by atoms with Gasteiger partial charge in [-0.05, 0) is 36.4 Å². The number of hydrogen-bond acceptors (Lipinski definition) is 3. The van der Waals surface area contributed by atoms with Gasteiger partial charge in [0.25, 0.3) is 5.91 Å². The number of halogens is 5. The van der Waals surface area contributed by atoms with Crippen molar-refractivity contribution in [1.82, 2.24) is 5.32 Å². The number of amides is 3. The lowest BCUT2D eigenvalue weighted by Gasteiger charge is -2.18. The largest absolute Gasteiger partial charge is 0.573 e. The van der Waals surface area contributed by atoms with E-state index in [0.29, 0.717) is 0 Å². The molecule has 0 aliphatic carbocycles. The molecule has 0 unspecified atom stereocenters. The summed E-state index contributed by atoms with van der Waals surface area (Å²) >= 11 is 0. The second-order valence-electron chi connectivity index (χ2n) is 4.96. The van der Waals surface area contributed by atoms with Crippen molar-refractivity contribution < 1.29 is 36.3 Å². The van der Waals surface area contributed by atoms with Crippen LogP contribution in [0.1, 0.15) is 10.4 Å². The van der Waals surface area contributed by atoms with Crippen LogP contribution >= 0.6 is 0 Å². The molecule has 3 amide bonds. The van der Waals surface area contributed by atoms with Gasteiger partial charge in [0.05, 0.1) is 0 Å². The minimum atomic E-state index is -4.86. The highest BCUT2D eigenvalue weighted by atomic mass is 19.4. The van der Waals surface area contributed by atoms with E-state index in [1.165, 1.54) is 7.05 Å². The van der Waals surface area contributed by atoms with Crippen molar-refractivity contribution in [3.8, 4) is 5.75 Å². The molecule has 0 atom stereocenters. The second-order valence-corrected chi connectivity index (χ2v) is 4.96. The van der Waals surface area contributed by atoms with Crippen LogP contribution in [0.25, 0.3) is 0 Å². The number of benzene rings is 2. The summed E-state index contributed by atoms with van der Waals surface area (Å²) in [4.78, 5) is 24.7. The maximum atomic E-state index is 13.5. The average Bonchev–Trinajstić information content (AvgIpc) is 2.53. The van der Waals surface area contributed by atoms with Gasteiger partial charge in [-0.25, -0.2) is 13.6 Å². The SMILES string of the molecule is CN(C(=O)NC(=O)c1c(F)cccc1F)c1ccc(OC(F)(F)F)cc1. The molecule has 0 bridgehead atoms. The summed E-state index contributed by atoms with van der Waals surface area (Å²) in [6.45, 7) is 0. The zero-order valence-electron chi connectivity index (χ0n) is 13.1. The molecule has 2 aromatic rings. The van der Waals surface area contributed by atoms with Crippen molar-refractivity contribution in [3.05, 3.63) is 59.7 Å². The molecule has 1 N–H and O–H groups in total. The normalized spacial score (nSPS) is 11.0. The van der Waals surface area contributed by atoms with Gasteiger partial charge in [0, 0.05) is 12.7 Å². The molecule has 0 saturated carbocycles. The summed E-state index contributed by atoms with van der Waals surface area (Å²) in [5.41, 5.74) is -0.818. The Bertz CT molecular complexity index is 801. The Balaban J connectivity index is 2.09. The van der Waals surface area contributed by atoms with Crippen LogP contribution in [-0.4, -0.2) is 25.3 Å². The molecular formula is C16H11F5N2O3. The van der Waals surface area contributed by atoms with Crippen molar-refractivity contribution in [2.45, 2.75) is 6.36 Å². The highest BCUT2D eigenvalue weighted by molar-refractivity contribution is 6.08. The van der Waals surface area contributed by atoms with Gasteiger partial charge in [-0.15, -0.1) is 13.2 Å². The molecule has 0 aromatic heterocycles. The van der Waals surface area contributed by atoms with E-state index in [1.54, 1.807) is 5.32 Å². The standard InChI is InChI=1S/C16H11F5N2O3/c1-23(9-5-7-10(8-6-9)26-16(19,20)21)15(25)22-14(24)13-11(17)3-2-4-12(13)18/h2-8H,1H3,(H,22,24,25). The number of carbonyl (C=O) groups is 2.